The van der Waals surface area contributed by atoms with Crippen molar-refractivity contribution < 1.29 is 13.2 Å². The van der Waals surface area contributed by atoms with Crippen molar-refractivity contribution in [2.45, 2.75) is 32.0 Å². The lowest BCUT2D eigenvalue weighted by atomic mass is 10.1. The van der Waals surface area contributed by atoms with Crippen LogP contribution in [-0.2, 0) is 6.18 Å². The maximum Gasteiger partial charge on any atom is 0.433 e. The number of nitrogens with one attached hydrogen (secondary N) is 1. The molecule has 1 saturated heterocycles. The van der Waals surface area contributed by atoms with Crippen molar-refractivity contribution in [3.8, 4) is 0 Å². The van der Waals surface area contributed by atoms with E-state index in [1.54, 1.807) is 6.07 Å². The Balaban J connectivity index is 2.22. The Morgan fingerprint density at radius 1 is 1.42 bits per heavy atom. The number of anilines is 1. The number of piperidine rings is 1. The normalized spacial score (nSPS) is 20.3. The molecule has 0 radical (unpaired) electrons. The van der Waals surface area contributed by atoms with Gasteiger partial charge in [0.25, 0.3) is 0 Å². The zero-order chi connectivity index (χ0) is 13.9. The van der Waals surface area contributed by atoms with Crippen molar-refractivity contribution in [2.75, 3.05) is 24.5 Å². The van der Waals surface area contributed by atoms with Crippen molar-refractivity contribution >= 4 is 5.82 Å². The molecule has 0 aromatic carbocycles. The van der Waals surface area contributed by atoms with Gasteiger partial charge in [0.05, 0.1) is 0 Å². The Morgan fingerprint density at radius 2 is 2.21 bits per heavy atom. The summed E-state index contributed by atoms with van der Waals surface area (Å²) in [6, 6.07) is 4.29. The maximum absolute atomic E-state index is 12.7. The largest absolute Gasteiger partial charge is 0.433 e. The van der Waals surface area contributed by atoms with Crippen molar-refractivity contribution in [3.63, 3.8) is 0 Å². The summed E-state index contributed by atoms with van der Waals surface area (Å²) in [6.07, 6.45) is -2.36. The van der Waals surface area contributed by atoms with E-state index in [2.05, 4.69) is 10.3 Å². The molecule has 0 aliphatic carbocycles. The van der Waals surface area contributed by atoms with Crippen LogP contribution < -0.4 is 10.2 Å². The minimum Gasteiger partial charge on any atom is -0.353 e. The quantitative estimate of drug-likeness (QED) is 0.917. The van der Waals surface area contributed by atoms with E-state index in [1.807, 2.05) is 11.8 Å². The zero-order valence-corrected chi connectivity index (χ0v) is 10.9. The molecule has 2 rings (SSSR count). The average molecular weight is 273 g/mol. The first kappa shape index (κ1) is 14.1. The standard InChI is InChI=1S/C13H18F3N3/c1-2-19(10-5-4-8-17-9-10)12-7-3-6-11(18-12)13(14,15)16/h3,6-7,10,17H,2,4-5,8-9H2,1H3. The highest BCUT2D eigenvalue weighted by Crippen LogP contribution is 2.29. The molecule has 1 aromatic heterocycles. The van der Waals surface area contributed by atoms with Crippen LogP contribution in [0.3, 0.4) is 0 Å². The van der Waals surface area contributed by atoms with E-state index in [9.17, 15) is 13.2 Å². The van der Waals surface area contributed by atoms with Crippen molar-refractivity contribution in [1.29, 1.82) is 0 Å². The summed E-state index contributed by atoms with van der Waals surface area (Å²) in [6.45, 7) is 4.37. The summed E-state index contributed by atoms with van der Waals surface area (Å²) < 4.78 is 38.1. The second kappa shape index (κ2) is 5.77. The van der Waals surface area contributed by atoms with Gasteiger partial charge < -0.3 is 10.2 Å². The molecule has 0 bridgehead atoms. The van der Waals surface area contributed by atoms with Crippen LogP contribution in [0.4, 0.5) is 19.0 Å². The SMILES string of the molecule is CCN(c1cccc(C(F)(F)F)n1)C1CCCNC1. The molecule has 1 N–H and O–H groups in total. The lowest BCUT2D eigenvalue weighted by molar-refractivity contribution is -0.141. The third kappa shape index (κ3) is 3.37. The van der Waals surface area contributed by atoms with E-state index in [1.165, 1.54) is 6.07 Å². The molecule has 106 valence electrons. The molecule has 1 aromatic rings. The number of likely N-dealkylation sites (N-methyl/N-ethyl adjacent to an activating group) is 1. The topological polar surface area (TPSA) is 28.2 Å². The number of hydrogen-bond acceptors (Lipinski definition) is 3. The second-order valence-electron chi connectivity index (χ2n) is 4.66. The fraction of sp³-hybridized carbons (Fsp3) is 0.615. The zero-order valence-electron chi connectivity index (χ0n) is 10.9. The van der Waals surface area contributed by atoms with E-state index >= 15 is 0 Å². The van der Waals surface area contributed by atoms with Gasteiger partial charge in [-0.05, 0) is 38.4 Å². The van der Waals surface area contributed by atoms with Gasteiger partial charge in [-0.2, -0.15) is 13.2 Å². The molecule has 19 heavy (non-hydrogen) atoms. The number of nitrogens with zero attached hydrogens (tertiary/aromatic N) is 2. The highest BCUT2D eigenvalue weighted by atomic mass is 19.4. The van der Waals surface area contributed by atoms with Gasteiger partial charge in [0.15, 0.2) is 0 Å². The van der Waals surface area contributed by atoms with Crippen LogP contribution in [0.5, 0.6) is 0 Å². The smallest absolute Gasteiger partial charge is 0.353 e. The number of aromatic nitrogens is 1. The molecular formula is C13H18F3N3. The number of alkyl halides is 3. The molecule has 0 saturated carbocycles. The van der Waals surface area contributed by atoms with Crippen LogP contribution >= 0.6 is 0 Å². The molecule has 0 spiro atoms. The number of hydrogen-bond donors (Lipinski definition) is 1. The number of halogens is 3. The van der Waals surface area contributed by atoms with E-state index in [0.717, 1.165) is 32.0 Å². The van der Waals surface area contributed by atoms with Crippen molar-refractivity contribution in [2.24, 2.45) is 0 Å². The molecule has 1 aliphatic rings. The van der Waals surface area contributed by atoms with Gasteiger partial charge in [0.2, 0.25) is 0 Å². The van der Waals surface area contributed by atoms with Gasteiger partial charge in [-0.25, -0.2) is 4.98 Å². The Hall–Kier alpha value is -1.30. The highest BCUT2D eigenvalue weighted by Gasteiger charge is 2.33. The molecule has 1 fully saturated rings. The van der Waals surface area contributed by atoms with E-state index in [-0.39, 0.29) is 6.04 Å². The molecule has 1 unspecified atom stereocenters. The summed E-state index contributed by atoms with van der Waals surface area (Å²) in [7, 11) is 0. The molecule has 1 aliphatic heterocycles. The van der Waals surface area contributed by atoms with Crippen LogP contribution in [0.25, 0.3) is 0 Å². The van der Waals surface area contributed by atoms with Crippen molar-refractivity contribution in [1.82, 2.24) is 10.3 Å². The van der Waals surface area contributed by atoms with Crippen LogP contribution in [0.1, 0.15) is 25.5 Å². The first-order valence-corrected chi connectivity index (χ1v) is 6.54. The monoisotopic (exact) mass is 273 g/mol. The second-order valence-corrected chi connectivity index (χ2v) is 4.66. The Bertz CT molecular complexity index is 414. The summed E-state index contributed by atoms with van der Waals surface area (Å²) in [5.41, 5.74) is -0.827. The summed E-state index contributed by atoms with van der Waals surface area (Å²) in [4.78, 5) is 5.71. The predicted molar refractivity (Wildman–Crippen MR) is 68.2 cm³/mol. The van der Waals surface area contributed by atoms with E-state index in [4.69, 9.17) is 0 Å². The Labute approximate surface area is 110 Å². The predicted octanol–water partition coefficient (Wildman–Crippen LogP) is 2.68. The minimum atomic E-state index is -4.39. The van der Waals surface area contributed by atoms with Gasteiger partial charge in [-0.15, -0.1) is 0 Å². The first-order chi connectivity index (χ1) is 9.02. The molecule has 3 nitrogen and oxygen atoms in total. The fourth-order valence-electron chi connectivity index (χ4n) is 2.45. The molecular weight excluding hydrogens is 255 g/mol. The van der Waals surface area contributed by atoms with Crippen molar-refractivity contribution in [3.05, 3.63) is 23.9 Å². The lowest BCUT2D eigenvalue weighted by Gasteiger charge is -2.35. The molecule has 1 atom stereocenters. The van der Waals surface area contributed by atoms with Gasteiger partial charge in [0.1, 0.15) is 11.5 Å². The van der Waals surface area contributed by atoms with Gasteiger partial charge in [-0.3, -0.25) is 0 Å². The van der Waals surface area contributed by atoms with Crippen LogP contribution in [-0.4, -0.2) is 30.7 Å². The fourth-order valence-corrected chi connectivity index (χ4v) is 2.45. The average Bonchev–Trinajstić information content (AvgIpc) is 2.40. The molecule has 2 heterocycles. The molecule has 0 amide bonds. The maximum atomic E-state index is 12.7. The summed E-state index contributed by atoms with van der Waals surface area (Å²) in [5, 5.41) is 3.27. The third-order valence-corrected chi connectivity index (χ3v) is 3.37. The third-order valence-electron chi connectivity index (χ3n) is 3.37. The van der Waals surface area contributed by atoms with E-state index < -0.39 is 11.9 Å². The summed E-state index contributed by atoms with van der Waals surface area (Å²) in [5.74, 6) is 0.408. The first-order valence-electron chi connectivity index (χ1n) is 6.54. The lowest BCUT2D eigenvalue weighted by Crippen LogP contribution is -2.46. The number of rotatable bonds is 3. The summed E-state index contributed by atoms with van der Waals surface area (Å²) >= 11 is 0. The number of pyridine rings is 1. The Morgan fingerprint density at radius 3 is 2.79 bits per heavy atom. The molecule has 6 heteroatoms. The minimum absolute atomic E-state index is 0.217. The van der Waals surface area contributed by atoms with Gasteiger partial charge >= 0.3 is 6.18 Å². The highest BCUT2D eigenvalue weighted by molar-refractivity contribution is 5.41. The van der Waals surface area contributed by atoms with Gasteiger partial charge in [-0.1, -0.05) is 6.07 Å². The Kier molecular flexibility index (Phi) is 4.29. The van der Waals surface area contributed by atoms with Gasteiger partial charge in [0, 0.05) is 19.1 Å². The van der Waals surface area contributed by atoms with Crippen LogP contribution in [0, 0.1) is 0 Å². The van der Waals surface area contributed by atoms with E-state index in [0.29, 0.717) is 12.4 Å². The van der Waals surface area contributed by atoms with Crippen LogP contribution in [0.2, 0.25) is 0 Å². The van der Waals surface area contributed by atoms with Crippen LogP contribution in [0.15, 0.2) is 18.2 Å².